The molecular weight excluding hydrogens is 288 g/mol. The summed E-state index contributed by atoms with van der Waals surface area (Å²) >= 11 is 0. The molecule has 2 aromatic carbocycles. The van der Waals surface area contributed by atoms with Gasteiger partial charge in [0.25, 0.3) is 0 Å². The number of quaternary nitrogens is 2. The van der Waals surface area contributed by atoms with E-state index in [0.717, 1.165) is 17.9 Å². The summed E-state index contributed by atoms with van der Waals surface area (Å²) in [6.07, 6.45) is -0.426. The van der Waals surface area contributed by atoms with Crippen LogP contribution in [0.25, 0.3) is 0 Å². The summed E-state index contributed by atoms with van der Waals surface area (Å²) < 4.78 is 5.22. The normalized spacial score (nSPS) is 13.8. The van der Waals surface area contributed by atoms with E-state index in [-0.39, 0.29) is 0 Å². The Labute approximate surface area is 138 Å². The standard InChI is InChI=1S/C19H26N2O2/c1-21(2)18(15-9-11-17(23-3)12-10-15)13-20-14-19(22)16-7-5-4-6-8-16/h4-12,18-20,22H,13-14H2,1-3H3/p+2/t18-,19+/m0/s1. The van der Waals surface area contributed by atoms with E-state index in [1.807, 2.05) is 42.5 Å². The number of benzene rings is 2. The number of aliphatic hydroxyl groups is 1. The Hall–Kier alpha value is -1.88. The summed E-state index contributed by atoms with van der Waals surface area (Å²) in [5.41, 5.74) is 2.26. The summed E-state index contributed by atoms with van der Waals surface area (Å²) in [6, 6.07) is 18.5. The summed E-state index contributed by atoms with van der Waals surface area (Å²) in [6.45, 7) is 1.60. The molecule has 0 fully saturated rings. The Bertz CT molecular complexity index is 570. The van der Waals surface area contributed by atoms with E-state index in [1.165, 1.54) is 10.5 Å². The maximum atomic E-state index is 10.3. The Morgan fingerprint density at radius 1 is 0.957 bits per heavy atom. The number of ether oxygens (including phenoxy) is 1. The molecule has 0 bridgehead atoms. The van der Waals surface area contributed by atoms with Crippen molar-refractivity contribution < 1.29 is 20.1 Å². The molecule has 4 heteroatoms. The molecule has 2 aromatic rings. The highest BCUT2D eigenvalue weighted by Gasteiger charge is 2.20. The smallest absolute Gasteiger partial charge is 0.162 e. The average molecular weight is 316 g/mol. The monoisotopic (exact) mass is 316 g/mol. The summed E-state index contributed by atoms with van der Waals surface area (Å²) in [5.74, 6) is 0.879. The maximum Gasteiger partial charge on any atom is 0.162 e. The molecule has 4 nitrogen and oxygen atoms in total. The van der Waals surface area contributed by atoms with Crippen LogP contribution in [0.15, 0.2) is 54.6 Å². The van der Waals surface area contributed by atoms with Crippen molar-refractivity contribution in [3.05, 3.63) is 65.7 Å². The first-order chi connectivity index (χ1) is 11.1. The van der Waals surface area contributed by atoms with Crippen LogP contribution in [0.1, 0.15) is 23.3 Å². The van der Waals surface area contributed by atoms with Gasteiger partial charge in [0.05, 0.1) is 21.2 Å². The summed E-state index contributed by atoms with van der Waals surface area (Å²) in [4.78, 5) is 1.38. The second-order valence-corrected chi connectivity index (χ2v) is 6.09. The molecular formula is C19H28N2O2+2. The van der Waals surface area contributed by atoms with Crippen LogP contribution in [0, 0.1) is 0 Å². The van der Waals surface area contributed by atoms with Gasteiger partial charge in [-0.3, -0.25) is 0 Å². The van der Waals surface area contributed by atoms with Gasteiger partial charge in [-0.2, -0.15) is 0 Å². The van der Waals surface area contributed by atoms with Crippen LogP contribution in [0.2, 0.25) is 0 Å². The summed E-state index contributed by atoms with van der Waals surface area (Å²) in [7, 11) is 6.01. The number of hydrogen-bond acceptors (Lipinski definition) is 2. The van der Waals surface area contributed by atoms with Crippen LogP contribution < -0.4 is 15.0 Å². The lowest BCUT2D eigenvalue weighted by Crippen LogP contribution is -3.09. The van der Waals surface area contributed by atoms with E-state index >= 15 is 0 Å². The van der Waals surface area contributed by atoms with E-state index in [9.17, 15) is 5.11 Å². The van der Waals surface area contributed by atoms with Gasteiger partial charge < -0.3 is 20.1 Å². The molecule has 0 aliphatic rings. The van der Waals surface area contributed by atoms with Crippen molar-refractivity contribution in [2.75, 3.05) is 34.3 Å². The lowest BCUT2D eigenvalue weighted by molar-refractivity contribution is -0.909. The minimum absolute atomic E-state index is 0.379. The Balaban J connectivity index is 1.92. The Morgan fingerprint density at radius 3 is 2.17 bits per heavy atom. The van der Waals surface area contributed by atoms with Gasteiger partial charge in [0.1, 0.15) is 24.9 Å². The zero-order chi connectivity index (χ0) is 16.7. The number of methoxy groups -OCH3 is 1. The highest BCUT2D eigenvalue weighted by atomic mass is 16.5. The first-order valence-corrected chi connectivity index (χ1v) is 8.10. The van der Waals surface area contributed by atoms with Gasteiger partial charge in [-0.05, 0) is 29.8 Å². The molecule has 2 rings (SSSR count). The van der Waals surface area contributed by atoms with Gasteiger partial charge in [0, 0.05) is 5.56 Å². The second kappa shape index (κ2) is 8.67. The third kappa shape index (κ3) is 5.06. The molecule has 0 aliphatic carbocycles. The molecule has 0 saturated carbocycles. The zero-order valence-corrected chi connectivity index (χ0v) is 14.2. The molecule has 0 aromatic heterocycles. The zero-order valence-electron chi connectivity index (χ0n) is 14.2. The molecule has 23 heavy (non-hydrogen) atoms. The number of aliphatic hydroxyl groups excluding tert-OH is 1. The van der Waals surface area contributed by atoms with Crippen molar-refractivity contribution in [3.8, 4) is 5.75 Å². The van der Waals surface area contributed by atoms with E-state index in [2.05, 4.69) is 31.5 Å². The maximum absolute atomic E-state index is 10.3. The molecule has 0 heterocycles. The average Bonchev–Trinajstić information content (AvgIpc) is 2.59. The lowest BCUT2D eigenvalue weighted by Gasteiger charge is -2.21. The van der Waals surface area contributed by atoms with Crippen molar-refractivity contribution in [1.82, 2.24) is 0 Å². The van der Waals surface area contributed by atoms with Gasteiger partial charge in [0.2, 0.25) is 0 Å². The SMILES string of the molecule is COc1ccc([C@H](C[NH2+]C[C@@H](O)c2ccccc2)[NH+](C)C)cc1. The molecule has 4 N–H and O–H groups in total. The van der Waals surface area contributed by atoms with E-state index in [1.54, 1.807) is 7.11 Å². The van der Waals surface area contributed by atoms with Gasteiger partial charge >= 0.3 is 0 Å². The van der Waals surface area contributed by atoms with Crippen LogP contribution in [-0.2, 0) is 0 Å². The molecule has 0 aliphatic heterocycles. The molecule has 124 valence electrons. The van der Waals surface area contributed by atoms with Gasteiger partial charge in [0.15, 0.2) is 6.04 Å². The number of hydrogen-bond donors (Lipinski definition) is 3. The third-order valence-electron chi connectivity index (χ3n) is 4.19. The first-order valence-electron chi connectivity index (χ1n) is 8.10. The van der Waals surface area contributed by atoms with E-state index in [4.69, 9.17) is 4.74 Å². The van der Waals surface area contributed by atoms with Crippen molar-refractivity contribution in [1.29, 1.82) is 0 Å². The Kier molecular flexibility index (Phi) is 6.59. The van der Waals surface area contributed by atoms with Crippen LogP contribution in [0.4, 0.5) is 0 Å². The van der Waals surface area contributed by atoms with Crippen molar-refractivity contribution in [2.45, 2.75) is 12.1 Å². The lowest BCUT2D eigenvalue weighted by atomic mass is 10.1. The first kappa shape index (κ1) is 17.5. The fraction of sp³-hybridized carbons (Fsp3) is 0.368. The fourth-order valence-corrected chi connectivity index (χ4v) is 2.77. The predicted octanol–water partition coefficient (Wildman–Crippen LogP) is 0.178. The van der Waals surface area contributed by atoms with Crippen LogP contribution in [0.5, 0.6) is 5.75 Å². The minimum Gasteiger partial charge on any atom is -0.497 e. The third-order valence-corrected chi connectivity index (χ3v) is 4.19. The van der Waals surface area contributed by atoms with Crippen LogP contribution >= 0.6 is 0 Å². The predicted molar refractivity (Wildman–Crippen MR) is 91.6 cm³/mol. The number of rotatable bonds is 8. The van der Waals surface area contributed by atoms with Gasteiger partial charge in [-0.1, -0.05) is 30.3 Å². The Morgan fingerprint density at radius 2 is 1.61 bits per heavy atom. The minimum atomic E-state index is -0.426. The molecule has 2 atom stereocenters. The molecule has 0 unspecified atom stereocenters. The topological polar surface area (TPSA) is 50.5 Å². The fourth-order valence-electron chi connectivity index (χ4n) is 2.77. The van der Waals surface area contributed by atoms with Crippen molar-refractivity contribution >= 4 is 0 Å². The van der Waals surface area contributed by atoms with Crippen molar-refractivity contribution in [2.24, 2.45) is 0 Å². The van der Waals surface area contributed by atoms with E-state index < -0.39 is 6.10 Å². The molecule has 0 radical (unpaired) electrons. The van der Waals surface area contributed by atoms with E-state index in [0.29, 0.717) is 12.6 Å². The number of nitrogens with two attached hydrogens (primary N) is 1. The number of nitrogens with one attached hydrogen (secondary N) is 1. The second-order valence-electron chi connectivity index (χ2n) is 6.09. The quantitative estimate of drug-likeness (QED) is 0.651. The van der Waals surface area contributed by atoms with Crippen LogP contribution in [0.3, 0.4) is 0 Å². The highest BCUT2D eigenvalue weighted by molar-refractivity contribution is 5.28. The highest BCUT2D eigenvalue weighted by Crippen LogP contribution is 2.15. The van der Waals surface area contributed by atoms with Crippen LogP contribution in [-0.4, -0.2) is 39.4 Å². The molecule has 0 saturated heterocycles. The van der Waals surface area contributed by atoms with Gasteiger partial charge in [-0.15, -0.1) is 0 Å². The summed E-state index contributed by atoms with van der Waals surface area (Å²) in [5, 5.41) is 12.5. The molecule has 0 spiro atoms. The molecule has 0 amide bonds. The van der Waals surface area contributed by atoms with Gasteiger partial charge in [-0.25, -0.2) is 0 Å². The largest absolute Gasteiger partial charge is 0.497 e. The van der Waals surface area contributed by atoms with Crippen molar-refractivity contribution in [3.63, 3.8) is 0 Å². The number of likely N-dealkylation sites (N-methyl/N-ethyl adjacent to an activating group) is 1.